The van der Waals surface area contributed by atoms with Gasteiger partial charge in [-0.2, -0.15) is 0 Å². The maximum absolute atomic E-state index is 10.3. The predicted octanol–water partition coefficient (Wildman–Crippen LogP) is 6.44. The van der Waals surface area contributed by atoms with Crippen LogP contribution in [0.2, 0.25) is 0 Å². The first-order valence-electron chi connectivity index (χ1n) is 8.94. The fourth-order valence-electron chi connectivity index (χ4n) is 2.19. The molecule has 0 bridgehead atoms. The van der Waals surface area contributed by atoms with Crippen molar-refractivity contribution in [1.82, 2.24) is 0 Å². The van der Waals surface area contributed by atoms with Crippen molar-refractivity contribution in [3.8, 4) is 0 Å². The van der Waals surface area contributed by atoms with Crippen LogP contribution in [0, 0.1) is 0 Å². The molecule has 1 N–H and O–H groups in total. The van der Waals surface area contributed by atoms with Gasteiger partial charge >= 0.3 is 5.97 Å². The molecule has 0 heterocycles. The first-order valence-corrected chi connectivity index (χ1v) is 8.94. The highest BCUT2D eigenvalue weighted by molar-refractivity contribution is 5.66. The highest BCUT2D eigenvalue weighted by Crippen LogP contribution is 2.07. The van der Waals surface area contributed by atoms with Gasteiger partial charge in [-0.1, -0.05) is 75.5 Å². The van der Waals surface area contributed by atoms with Crippen molar-refractivity contribution >= 4 is 5.97 Å². The van der Waals surface area contributed by atoms with Crippen molar-refractivity contribution < 1.29 is 9.90 Å². The minimum Gasteiger partial charge on any atom is -0.481 e. The third-order valence-electron chi connectivity index (χ3n) is 3.53. The molecule has 0 aromatic rings. The van der Waals surface area contributed by atoms with Crippen LogP contribution in [-0.4, -0.2) is 11.1 Å². The molecule has 0 unspecified atom stereocenters. The van der Waals surface area contributed by atoms with E-state index in [0.717, 1.165) is 25.7 Å². The molecule has 0 atom stereocenters. The largest absolute Gasteiger partial charge is 0.481 e. The van der Waals surface area contributed by atoms with Gasteiger partial charge < -0.3 is 5.11 Å². The fraction of sp³-hybridized carbons (Fsp3) is 0.650. The molecule has 0 aliphatic heterocycles. The molecule has 0 aromatic heterocycles. The van der Waals surface area contributed by atoms with Gasteiger partial charge in [0.25, 0.3) is 0 Å². The van der Waals surface area contributed by atoms with Gasteiger partial charge in [0.1, 0.15) is 0 Å². The Morgan fingerprint density at radius 1 is 0.727 bits per heavy atom. The van der Waals surface area contributed by atoms with Crippen molar-refractivity contribution in [2.24, 2.45) is 0 Å². The van der Waals surface area contributed by atoms with Gasteiger partial charge in [0.2, 0.25) is 0 Å². The van der Waals surface area contributed by atoms with Crippen LogP contribution < -0.4 is 0 Å². The van der Waals surface area contributed by atoms with Crippen molar-refractivity contribution in [2.45, 2.75) is 84.0 Å². The van der Waals surface area contributed by atoms with Crippen molar-refractivity contribution in [3.05, 3.63) is 36.5 Å². The number of carboxylic acid groups (broad SMARTS) is 1. The van der Waals surface area contributed by atoms with Crippen LogP contribution in [-0.2, 0) is 4.79 Å². The van der Waals surface area contributed by atoms with Crippen LogP contribution in [0.15, 0.2) is 36.5 Å². The number of allylic oxidation sites excluding steroid dienone is 6. The van der Waals surface area contributed by atoms with Gasteiger partial charge in [0.05, 0.1) is 0 Å². The number of rotatable bonds is 15. The van der Waals surface area contributed by atoms with Crippen molar-refractivity contribution in [2.75, 3.05) is 0 Å². The van der Waals surface area contributed by atoms with Crippen LogP contribution in [0.1, 0.15) is 84.0 Å². The molecule has 0 aliphatic rings. The summed E-state index contributed by atoms with van der Waals surface area (Å²) < 4.78 is 0. The molecule has 0 saturated heterocycles. The molecule has 0 spiro atoms. The minimum absolute atomic E-state index is 0.267. The minimum atomic E-state index is -0.707. The van der Waals surface area contributed by atoms with E-state index in [1.54, 1.807) is 0 Å². The SMILES string of the molecule is CCCCCCCC/C=C/C/C=C\C/C=C\CCCC(=O)O. The summed E-state index contributed by atoms with van der Waals surface area (Å²) in [5.74, 6) is -0.707. The van der Waals surface area contributed by atoms with Gasteiger partial charge in [-0.25, -0.2) is 0 Å². The Morgan fingerprint density at radius 3 is 1.82 bits per heavy atom. The van der Waals surface area contributed by atoms with E-state index in [0.29, 0.717) is 0 Å². The van der Waals surface area contributed by atoms with Gasteiger partial charge in [0, 0.05) is 6.42 Å². The standard InChI is InChI=1S/C20H34O2/c1-2-3-4-5-6-7-8-9-10-11-12-13-14-15-16-17-18-19-20(21)22/h9-10,12-13,15-16H,2-8,11,14,17-19H2,1H3,(H,21,22)/b10-9+,13-12-,16-15-. The zero-order valence-electron chi connectivity index (χ0n) is 14.3. The van der Waals surface area contributed by atoms with Crippen LogP contribution in [0.5, 0.6) is 0 Å². The summed E-state index contributed by atoms with van der Waals surface area (Å²) in [6, 6.07) is 0. The van der Waals surface area contributed by atoms with Gasteiger partial charge in [-0.3, -0.25) is 4.79 Å². The molecule has 126 valence electrons. The summed E-state index contributed by atoms with van der Waals surface area (Å²) in [5.41, 5.74) is 0. The molecule has 0 aliphatic carbocycles. The molecule has 0 aromatic carbocycles. The zero-order valence-corrected chi connectivity index (χ0v) is 14.3. The van der Waals surface area contributed by atoms with E-state index in [-0.39, 0.29) is 6.42 Å². The van der Waals surface area contributed by atoms with Crippen LogP contribution in [0.3, 0.4) is 0 Å². The van der Waals surface area contributed by atoms with Crippen molar-refractivity contribution in [3.63, 3.8) is 0 Å². The second-order valence-electron chi connectivity index (χ2n) is 5.73. The molecule has 0 saturated carbocycles. The first kappa shape index (κ1) is 20.7. The summed E-state index contributed by atoms with van der Waals surface area (Å²) >= 11 is 0. The summed E-state index contributed by atoms with van der Waals surface area (Å²) in [7, 11) is 0. The lowest BCUT2D eigenvalue weighted by Crippen LogP contribution is -1.92. The quantitative estimate of drug-likeness (QED) is 0.279. The summed E-state index contributed by atoms with van der Waals surface area (Å²) in [6.45, 7) is 2.26. The lowest BCUT2D eigenvalue weighted by molar-refractivity contribution is -0.137. The molecular weight excluding hydrogens is 272 g/mol. The van der Waals surface area contributed by atoms with Crippen molar-refractivity contribution in [1.29, 1.82) is 0 Å². The Hall–Kier alpha value is -1.31. The molecule has 0 radical (unpaired) electrons. The normalized spacial score (nSPS) is 12.0. The van der Waals surface area contributed by atoms with E-state index in [1.165, 1.54) is 44.9 Å². The Bertz CT molecular complexity index is 327. The van der Waals surface area contributed by atoms with E-state index in [9.17, 15) is 4.79 Å². The molecule has 22 heavy (non-hydrogen) atoms. The molecule has 0 rings (SSSR count). The number of carboxylic acids is 1. The summed E-state index contributed by atoms with van der Waals surface area (Å²) in [6.07, 6.45) is 26.3. The average molecular weight is 306 g/mol. The van der Waals surface area contributed by atoms with E-state index >= 15 is 0 Å². The topological polar surface area (TPSA) is 37.3 Å². The second kappa shape index (κ2) is 17.7. The molecule has 2 heteroatoms. The average Bonchev–Trinajstić information content (AvgIpc) is 2.50. The fourth-order valence-corrected chi connectivity index (χ4v) is 2.19. The van der Waals surface area contributed by atoms with E-state index in [1.807, 2.05) is 0 Å². The van der Waals surface area contributed by atoms with Crippen LogP contribution in [0.4, 0.5) is 0 Å². The second-order valence-corrected chi connectivity index (χ2v) is 5.73. The molecular formula is C20H34O2. The Balaban J connectivity index is 3.30. The number of carbonyl (C=O) groups is 1. The first-order chi connectivity index (χ1) is 10.8. The Labute approximate surface area is 137 Å². The van der Waals surface area contributed by atoms with E-state index in [4.69, 9.17) is 5.11 Å². The third kappa shape index (κ3) is 18.7. The summed E-state index contributed by atoms with van der Waals surface area (Å²) in [4.78, 5) is 10.3. The number of hydrogen-bond acceptors (Lipinski definition) is 1. The highest BCUT2D eigenvalue weighted by Gasteiger charge is 1.92. The molecule has 0 fully saturated rings. The number of hydrogen-bond donors (Lipinski definition) is 1. The van der Waals surface area contributed by atoms with Crippen LogP contribution in [0.25, 0.3) is 0 Å². The highest BCUT2D eigenvalue weighted by atomic mass is 16.4. The van der Waals surface area contributed by atoms with Crippen LogP contribution >= 0.6 is 0 Å². The number of unbranched alkanes of at least 4 members (excludes halogenated alkanes) is 7. The lowest BCUT2D eigenvalue weighted by Gasteiger charge is -1.97. The van der Waals surface area contributed by atoms with Gasteiger partial charge in [0.15, 0.2) is 0 Å². The number of aliphatic carboxylic acids is 1. The smallest absolute Gasteiger partial charge is 0.303 e. The zero-order chi connectivity index (χ0) is 16.3. The van der Waals surface area contributed by atoms with E-state index < -0.39 is 5.97 Å². The van der Waals surface area contributed by atoms with Gasteiger partial charge in [-0.15, -0.1) is 0 Å². The maximum Gasteiger partial charge on any atom is 0.303 e. The predicted molar refractivity (Wildman–Crippen MR) is 96.1 cm³/mol. The molecule has 2 nitrogen and oxygen atoms in total. The Morgan fingerprint density at radius 2 is 1.23 bits per heavy atom. The lowest BCUT2D eigenvalue weighted by atomic mass is 10.1. The monoisotopic (exact) mass is 306 g/mol. The third-order valence-corrected chi connectivity index (χ3v) is 3.53. The van der Waals surface area contributed by atoms with E-state index in [2.05, 4.69) is 43.4 Å². The van der Waals surface area contributed by atoms with Gasteiger partial charge in [-0.05, 0) is 38.5 Å². The molecule has 0 amide bonds. The summed E-state index contributed by atoms with van der Waals surface area (Å²) in [5, 5.41) is 8.50. The Kier molecular flexibility index (Phi) is 16.7. The maximum atomic E-state index is 10.3.